The molecule has 22 heavy (non-hydrogen) atoms. The van der Waals surface area contributed by atoms with Crippen molar-refractivity contribution in [2.45, 2.75) is 33.6 Å². The minimum Gasteiger partial charge on any atom is -0.544 e. The highest BCUT2D eigenvalue weighted by atomic mass is 32.1. The van der Waals surface area contributed by atoms with Crippen LogP contribution in [0.4, 0.5) is 5.69 Å². The quantitative estimate of drug-likeness (QED) is 0.937. The van der Waals surface area contributed by atoms with E-state index in [1.54, 1.807) is 13.8 Å². The number of hydrogen-bond donors (Lipinski definition) is 1. The number of hydrogen-bond acceptors (Lipinski definition) is 5. The molecule has 0 saturated heterocycles. The Morgan fingerprint density at radius 3 is 2.55 bits per heavy atom. The van der Waals surface area contributed by atoms with E-state index in [1.165, 1.54) is 0 Å². The second-order valence-corrected chi connectivity index (χ2v) is 6.24. The van der Waals surface area contributed by atoms with Crippen LogP contribution in [0.1, 0.15) is 44.3 Å². The van der Waals surface area contributed by atoms with Gasteiger partial charge in [-0.2, -0.15) is 0 Å². The van der Waals surface area contributed by atoms with Crippen molar-refractivity contribution in [1.29, 1.82) is 0 Å². The fourth-order valence-corrected chi connectivity index (χ4v) is 2.98. The van der Waals surface area contributed by atoms with Crippen LogP contribution in [0.2, 0.25) is 0 Å². The summed E-state index contributed by atoms with van der Waals surface area (Å²) in [5.74, 6) is -2.01. The van der Waals surface area contributed by atoms with E-state index in [4.69, 9.17) is 0 Å². The molecule has 5 nitrogen and oxygen atoms in total. The van der Waals surface area contributed by atoms with E-state index in [9.17, 15) is 14.7 Å². The lowest BCUT2D eigenvalue weighted by Gasteiger charge is -2.13. The Labute approximate surface area is 133 Å². The third kappa shape index (κ3) is 3.17. The van der Waals surface area contributed by atoms with Crippen LogP contribution in [-0.2, 0) is 4.79 Å². The molecule has 1 heterocycles. The number of anilines is 1. The van der Waals surface area contributed by atoms with Crippen molar-refractivity contribution >= 4 is 28.9 Å². The Morgan fingerprint density at radius 1 is 1.27 bits per heavy atom. The number of rotatable bonds is 4. The Hall–Kier alpha value is -2.21. The molecular weight excluding hydrogens is 300 g/mol. The number of aromatic carboxylic acids is 1. The summed E-state index contributed by atoms with van der Waals surface area (Å²) in [6.45, 7) is 7.22. The summed E-state index contributed by atoms with van der Waals surface area (Å²) in [5.41, 5.74) is 3.24. The van der Waals surface area contributed by atoms with Crippen LogP contribution < -0.4 is 10.4 Å². The Kier molecular flexibility index (Phi) is 4.61. The van der Waals surface area contributed by atoms with Crippen molar-refractivity contribution in [3.63, 3.8) is 0 Å². The Bertz CT molecular complexity index is 737. The van der Waals surface area contributed by atoms with Crippen molar-refractivity contribution in [3.8, 4) is 0 Å². The first-order valence-corrected chi connectivity index (χ1v) is 7.68. The van der Waals surface area contributed by atoms with E-state index < -0.39 is 11.9 Å². The normalized spacial score (nSPS) is 12.0. The molecular formula is C16H17N2O3S-. The van der Waals surface area contributed by atoms with Crippen LogP contribution in [0, 0.1) is 20.8 Å². The molecule has 0 unspecified atom stereocenters. The fraction of sp³-hybridized carbons (Fsp3) is 0.312. The smallest absolute Gasteiger partial charge is 0.234 e. The summed E-state index contributed by atoms with van der Waals surface area (Å²) >= 11 is 0.988. The molecule has 0 fully saturated rings. The largest absolute Gasteiger partial charge is 0.544 e. The molecule has 116 valence electrons. The highest BCUT2D eigenvalue weighted by molar-refractivity contribution is 7.13. The first kappa shape index (κ1) is 16.2. The lowest BCUT2D eigenvalue weighted by Crippen LogP contribution is -2.21. The molecule has 2 rings (SSSR count). The standard InChI is InChI=1S/C16H18N2O3S/c1-8-6-5-7-12(9(8)2)18-14(19)10(3)15-17-11(4)13(22-15)16(20)21/h5-7,10H,1-4H3,(H,18,19)(H,20,21)/p-1/t10-/m1/s1. The SMILES string of the molecule is Cc1cccc(NC(=O)[C@@H](C)c2nc(C)c(C(=O)[O-])s2)c1C. The molecule has 1 amide bonds. The Balaban J connectivity index is 2.21. The van der Waals surface area contributed by atoms with Crippen LogP contribution in [-0.4, -0.2) is 16.9 Å². The second kappa shape index (κ2) is 6.27. The van der Waals surface area contributed by atoms with Gasteiger partial charge in [-0.05, 0) is 44.9 Å². The first-order valence-electron chi connectivity index (χ1n) is 6.87. The number of carbonyl (C=O) groups is 2. The molecule has 0 bridgehead atoms. The zero-order valence-electron chi connectivity index (χ0n) is 12.9. The van der Waals surface area contributed by atoms with Crippen molar-refractivity contribution in [1.82, 2.24) is 4.98 Å². The summed E-state index contributed by atoms with van der Waals surface area (Å²) in [7, 11) is 0. The van der Waals surface area contributed by atoms with Crippen molar-refractivity contribution in [2.75, 3.05) is 5.32 Å². The first-order chi connectivity index (χ1) is 10.3. The average molecular weight is 317 g/mol. The van der Waals surface area contributed by atoms with E-state index in [-0.39, 0.29) is 10.8 Å². The van der Waals surface area contributed by atoms with Gasteiger partial charge in [-0.15, -0.1) is 11.3 Å². The van der Waals surface area contributed by atoms with Crippen LogP contribution in [0.25, 0.3) is 0 Å². The fourth-order valence-electron chi connectivity index (χ4n) is 2.03. The number of benzene rings is 1. The predicted octanol–water partition coefficient (Wildman–Crippen LogP) is 2.17. The molecule has 2 aromatic rings. The summed E-state index contributed by atoms with van der Waals surface area (Å²) < 4.78 is 0. The third-order valence-electron chi connectivity index (χ3n) is 3.62. The van der Waals surface area contributed by atoms with Gasteiger partial charge in [0.2, 0.25) is 5.91 Å². The molecule has 1 atom stereocenters. The number of amides is 1. The number of carboxylic acid groups (broad SMARTS) is 1. The minimum absolute atomic E-state index is 0.0707. The average Bonchev–Trinajstić information content (AvgIpc) is 2.85. The van der Waals surface area contributed by atoms with Gasteiger partial charge in [0.25, 0.3) is 0 Å². The summed E-state index contributed by atoms with van der Waals surface area (Å²) in [5, 5.41) is 14.3. The highest BCUT2D eigenvalue weighted by Gasteiger charge is 2.21. The van der Waals surface area contributed by atoms with Gasteiger partial charge in [-0.1, -0.05) is 12.1 Å². The molecule has 0 radical (unpaired) electrons. The van der Waals surface area contributed by atoms with Crippen molar-refractivity contribution in [3.05, 3.63) is 44.9 Å². The zero-order valence-corrected chi connectivity index (χ0v) is 13.7. The molecule has 1 aromatic carbocycles. The van der Waals surface area contributed by atoms with E-state index in [1.807, 2.05) is 32.0 Å². The zero-order chi connectivity index (χ0) is 16.4. The molecule has 0 aliphatic carbocycles. The maximum atomic E-state index is 12.4. The lowest BCUT2D eigenvalue weighted by molar-refractivity contribution is -0.254. The number of nitrogens with one attached hydrogen (secondary N) is 1. The second-order valence-electron chi connectivity index (χ2n) is 5.21. The van der Waals surface area contributed by atoms with Gasteiger partial charge < -0.3 is 15.2 Å². The van der Waals surface area contributed by atoms with E-state index in [0.717, 1.165) is 28.2 Å². The van der Waals surface area contributed by atoms with Crippen LogP contribution in [0.3, 0.4) is 0 Å². The summed E-state index contributed by atoms with van der Waals surface area (Å²) in [6, 6.07) is 5.70. The Morgan fingerprint density at radius 2 is 1.95 bits per heavy atom. The monoisotopic (exact) mass is 317 g/mol. The van der Waals surface area contributed by atoms with Gasteiger partial charge in [0, 0.05) is 5.69 Å². The topological polar surface area (TPSA) is 82.1 Å². The molecule has 0 aliphatic heterocycles. The maximum Gasteiger partial charge on any atom is 0.234 e. The summed E-state index contributed by atoms with van der Waals surface area (Å²) in [4.78, 5) is 27.6. The van der Waals surface area contributed by atoms with Crippen molar-refractivity contribution < 1.29 is 14.7 Å². The molecule has 0 saturated carbocycles. The van der Waals surface area contributed by atoms with Gasteiger partial charge >= 0.3 is 0 Å². The number of aryl methyl sites for hydroxylation is 2. The number of carboxylic acids is 1. The molecule has 0 spiro atoms. The lowest BCUT2D eigenvalue weighted by atomic mass is 10.1. The molecule has 6 heteroatoms. The van der Waals surface area contributed by atoms with Gasteiger partial charge in [-0.3, -0.25) is 4.79 Å². The number of nitrogens with zero attached hydrogens (tertiary/aromatic N) is 1. The minimum atomic E-state index is -1.26. The third-order valence-corrected chi connectivity index (χ3v) is 4.94. The van der Waals surface area contributed by atoms with Gasteiger partial charge in [0.1, 0.15) is 5.01 Å². The van der Waals surface area contributed by atoms with E-state index in [0.29, 0.717) is 10.7 Å². The van der Waals surface area contributed by atoms with Crippen LogP contribution >= 0.6 is 11.3 Å². The maximum absolute atomic E-state index is 12.4. The van der Waals surface area contributed by atoms with Crippen LogP contribution in [0.15, 0.2) is 18.2 Å². The van der Waals surface area contributed by atoms with Gasteiger partial charge in [0.05, 0.1) is 22.5 Å². The molecule has 0 aliphatic rings. The number of carbonyl (C=O) groups excluding carboxylic acids is 2. The predicted molar refractivity (Wildman–Crippen MR) is 84.1 cm³/mol. The highest BCUT2D eigenvalue weighted by Crippen LogP contribution is 2.26. The van der Waals surface area contributed by atoms with E-state index in [2.05, 4.69) is 10.3 Å². The van der Waals surface area contributed by atoms with Crippen LogP contribution in [0.5, 0.6) is 0 Å². The van der Waals surface area contributed by atoms with Gasteiger partial charge in [0.15, 0.2) is 0 Å². The molecule has 1 aromatic heterocycles. The van der Waals surface area contributed by atoms with E-state index >= 15 is 0 Å². The number of aromatic nitrogens is 1. The van der Waals surface area contributed by atoms with Gasteiger partial charge in [-0.25, -0.2) is 4.98 Å². The van der Waals surface area contributed by atoms with Crippen molar-refractivity contribution in [2.24, 2.45) is 0 Å². The summed E-state index contributed by atoms with van der Waals surface area (Å²) in [6.07, 6.45) is 0. The number of thiazole rings is 1. The molecule has 1 N–H and O–H groups in total.